The average molecular weight is 283 g/mol. The van der Waals surface area contributed by atoms with Crippen molar-refractivity contribution in [3.05, 3.63) is 47.9 Å². The fraction of sp³-hybridized carbons (Fsp3) is 0.438. The second kappa shape index (κ2) is 6.18. The number of nitrogens with one attached hydrogen (secondary N) is 1. The van der Waals surface area contributed by atoms with Gasteiger partial charge in [0.25, 0.3) is 0 Å². The highest BCUT2D eigenvalue weighted by Gasteiger charge is 2.27. The number of aryl methyl sites for hydroxylation is 1. The molecule has 1 fully saturated rings. The van der Waals surface area contributed by atoms with Crippen molar-refractivity contribution < 1.29 is 0 Å². The summed E-state index contributed by atoms with van der Waals surface area (Å²) >= 11 is 0. The van der Waals surface area contributed by atoms with Crippen LogP contribution in [0.4, 0.5) is 5.82 Å². The van der Waals surface area contributed by atoms with Crippen LogP contribution in [-0.4, -0.2) is 34.8 Å². The van der Waals surface area contributed by atoms with Crippen molar-refractivity contribution in [1.82, 2.24) is 20.5 Å². The van der Waals surface area contributed by atoms with Crippen LogP contribution in [0.15, 0.2) is 36.7 Å². The van der Waals surface area contributed by atoms with Crippen LogP contribution in [0.2, 0.25) is 0 Å². The van der Waals surface area contributed by atoms with Gasteiger partial charge in [-0.05, 0) is 37.6 Å². The van der Waals surface area contributed by atoms with Crippen LogP contribution in [0.1, 0.15) is 24.2 Å². The number of pyridine rings is 1. The first-order valence-electron chi connectivity index (χ1n) is 7.41. The Kier molecular flexibility index (Phi) is 4.10. The van der Waals surface area contributed by atoms with E-state index in [2.05, 4.69) is 38.4 Å². The molecule has 0 spiro atoms. The van der Waals surface area contributed by atoms with Gasteiger partial charge in [-0.3, -0.25) is 4.98 Å². The maximum Gasteiger partial charge on any atom is 0.151 e. The van der Waals surface area contributed by atoms with Crippen molar-refractivity contribution in [3.63, 3.8) is 0 Å². The largest absolute Gasteiger partial charge is 0.354 e. The van der Waals surface area contributed by atoms with Crippen LogP contribution >= 0.6 is 0 Å². The van der Waals surface area contributed by atoms with E-state index in [1.54, 1.807) is 0 Å². The maximum absolute atomic E-state index is 4.22. The molecule has 21 heavy (non-hydrogen) atoms. The Morgan fingerprint density at radius 1 is 1.29 bits per heavy atom. The molecule has 0 saturated carbocycles. The zero-order valence-electron chi connectivity index (χ0n) is 12.5. The smallest absolute Gasteiger partial charge is 0.151 e. The van der Waals surface area contributed by atoms with Gasteiger partial charge in [-0.1, -0.05) is 6.07 Å². The van der Waals surface area contributed by atoms with Crippen molar-refractivity contribution in [1.29, 1.82) is 0 Å². The Bertz CT molecular complexity index is 563. The third kappa shape index (κ3) is 3.36. The zero-order chi connectivity index (χ0) is 14.7. The van der Waals surface area contributed by atoms with Gasteiger partial charge in [-0.25, -0.2) is 0 Å². The van der Waals surface area contributed by atoms with Crippen LogP contribution in [0.3, 0.4) is 0 Å². The highest BCUT2D eigenvalue weighted by atomic mass is 15.3. The molecule has 0 aromatic carbocycles. The van der Waals surface area contributed by atoms with E-state index in [9.17, 15) is 0 Å². The van der Waals surface area contributed by atoms with E-state index in [-0.39, 0.29) is 0 Å². The summed E-state index contributed by atoms with van der Waals surface area (Å²) in [5, 5.41) is 11.9. The molecule has 1 aliphatic heterocycles. The van der Waals surface area contributed by atoms with E-state index in [0.717, 1.165) is 31.1 Å². The van der Waals surface area contributed by atoms with Gasteiger partial charge >= 0.3 is 0 Å². The van der Waals surface area contributed by atoms with Gasteiger partial charge in [0, 0.05) is 44.0 Å². The number of hydrogen-bond acceptors (Lipinski definition) is 5. The van der Waals surface area contributed by atoms with Crippen LogP contribution in [0.5, 0.6) is 0 Å². The molecule has 3 rings (SSSR count). The van der Waals surface area contributed by atoms with Crippen LogP contribution < -0.4 is 10.2 Å². The fourth-order valence-electron chi connectivity index (χ4n) is 2.54. The second-order valence-electron chi connectivity index (χ2n) is 5.72. The normalized spacial score (nSPS) is 16.6. The SMILES string of the molecule is Cc1ccc(N2CC(CNC(C)c3cccnc3)C2)nn1. The lowest BCUT2D eigenvalue weighted by Gasteiger charge is -2.40. The van der Waals surface area contributed by atoms with E-state index in [1.165, 1.54) is 5.56 Å². The molecule has 5 heteroatoms. The summed E-state index contributed by atoms with van der Waals surface area (Å²) < 4.78 is 0. The lowest BCUT2D eigenvalue weighted by molar-refractivity contribution is 0.366. The minimum Gasteiger partial charge on any atom is -0.354 e. The van der Waals surface area contributed by atoms with Crippen molar-refractivity contribution >= 4 is 5.82 Å². The predicted molar refractivity (Wildman–Crippen MR) is 83.1 cm³/mol. The zero-order valence-corrected chi connectivity index (χ0v) is 12.5. The van der Waals surface area contributed by atoms with E-state index in [1.807, 2.05) is 37.5 Å². The molecule has 0 radical (unpaired) electrons. The lowest BCUT2D eigenvalue weighted by atomic mass is 9.99. The number of hydrogen-bond donors (Lipinski definition) is 1. The Labute approximate surface area is 125 Å². The molecule has 110 valence electrons. The van der Waals surface area contributed by atoms with Crippen LogP contribution in [0.25, 0.3) is 0 Å². The van der Waals surface area contributed by atoms with Crippen LogP contribution in [0, 0.1) is 12.8 Å². The molecule has 2 aromatic rings. The molecular formula is C16H21N5. The number of aromatic nitrogens is 3. The first-order valence-corrected chi connectivity index (χ1v) is 7.41. The standard InChI is InChI=1S/C16H21N5/c1-12-5-6-16(20-19-12)21-10-14(11-21)8-18-13(2)15-4-3-7-17-9-15/h3-7,9,13-14,18H,8,10-11H2,1-2H3. The van der Waals surface area contributed by atoms with Gasteiger partial charge in [-0.2, -0.15) is 5.10 Å². The molecular weight excluding hydrogens is 262 g/mol. The Balaban J connectivity index is 1.44. The van der Waals surface area contributed by atoms with Gasteiger partial charge in [0.1, 0.15) is 0 Å². The minimum absolute atomic E-state index is 0.340. The van der Waals surface area contributed by atoms with Gasteiger partial charge < -0.3 is 10.2 Å². The van der Waals surface area contributed by atoms with Crippen molar-refractivity contribution in [2.24, 2.45) is 5.92 Å². The van der Waals surface area contributed by atoms with Crippen molar-refractivity contribution in [3.8, 4) is 0 Å². The van der Waals surface area contributed by atoms with Gasteiger partial charge in [0.05, 0.1) is 5.69 Å². The summed E-state index contributed by atoms with van der Waals surface area (Å²) in [6.45, 7) is 7.25. The molecule has 2 aromatic heterocycles. The summed E-state index contributed by atoms with van der Waals surface area (Å²) in [6, 6.07) is 8.49. The van der Waals surface area contributed by atoms with Gasteiger partial charge in [0.15, 0.2) is 5.82 Å². The number of anilines is 1. The highest BCUT2D eigenvalue weighted by molar-refractivity contribution is 5.40. The summed E-state index contributed by atoms with van der Waals surface area (Å²) in [7, 11) is 0. The van der Waals surface area contributed by atoms with Crippen molar-refractivity contribution in [2.45, 2.75) is 19.9 Å². The Morgan fingerprint density at radius 3 is 2.81 bits per heavy atom. The molecule has 0 bridgehead atoms. The molecule has 1 atom stereocenters. The predicted octanol–water partition coefficient (Wildman–Crippen LogP) is 1.97. The molecule has 0 aliphatic carbocycles. The molecule has 1 N–H and O–H groups in total. The fourth-order valence-corrected chi connectivity index (χ4v) is 2.54. The first kappa shape index (κ1) is 13.9. The first-order chi connectivity index (χ1) is 10.2. The third-order valence-corrected chi connectivity index (χ3v) is 3.96. The summed E-state index contributed by atoms with van der Waals surface area (Å²) in [6.07, 6.45) is 3.73. The summed E-state index contributed by atoms with van der Waals surface area (Å²) in [5.74, 6) is 1.66. The molecule has 5 nitrogen and oxygen atoms in total. The molecule has 1 saturated heterocycles. The number of rotatable bonds is 5. The Morgan fingerprint density at radius 2 is 2.14 bits per heavy atom. The monoisotopic (exact) mass is 283 g/mol. The van der Waals surface area contributed by atoms with Gasteiger partial charge in [0.2, 0.25) is 0 Å². The summed E-state index contributed by atoms with van der Waals surface area (Å²) in [4.78, 5) is 6.43. The third-order valence-electron chi connectivity index (χ3n) is 3.96. The lowest BCUT2D eigenvalue weighted by Crippen LogP contribution is -2.51. The second-order valence-corrected chi connectivity index (χ2v) is 5.72. The molecule has 3 heterocycles. The summed E-state index contributed by atoms with van der Waals surface area (Å²) in [5.41, 5.74) is 2.20. The van der Waals surface area contributed by atoms with E-state index < -0.39 is 0 Å². The van der Waals surface area contributed by atoms with Crippen LogP contribution in [-0.2, 0) is 0 Å². The highest BCUT2D eigenvalue weighted by Crippen LogP contribution is 2.22. The van der Waals surface area contributed by atoms with E-state index in [0.29, 0.717) is 12.0 Å². The average Bonchev–Trinajstić information content (AvgIpc) is 2.48. The van der Waals surface area contributed by atoms with E-state index >= 15 is 0 Å². The molecule has 1 unspecified atom stereocenters. The van der Waals surface area contributed by atoms with E-state index in [4.69, 9.17) is 0 Å². The van der Waals surface area contributed by atoms with Crippen molar-refractivity contribution in [2.75, 3.05) is 24.5 Å². The maximum atomic E-state index is 4.22. The van der Waals surface area contributed by atoms with Gasteiger partial charge in [-0.15, -0.1) is 5.10 Å². The Hall–Kier alpha value is -2.01. The number of nitrogens with zero attached hydrogens (tertiary/aromatic N) is 4. The molecule has 0 amide bonds. The topological polar surface area (TPSA) is 53.9 Å². The minimum atomic E-state index is 0.340. The quantitative estimate of drug-likeness (QED) is 0.909. The molecule has 1 aliphatic rings.